The number of aliphatic hydroxyl groups excluding tert-OH is 1. The van der Waals surface area contributed by atoms with E-state index in [0.717, 1.165) is 5.56 Å². The normalized spacial score (nSPS) is 13.1. The number of para-hydroxylation sites is 1. The average molecular weight is 313 g/mol. The molecule has 0 amide bonds. The van der Waals surface area contributed by atoms with Crippen molar-refractivity contribution in [1.82, 2.24) is 0 Å². The topological polar surface area (TPSA) is 118 Å². The fourth-order valence-corrected chi connectivity index (χ4v) is 3.13. The first-order chi connectivity index (χ1) is 9.39. The highest BCUT2D eigenvalue weighted by Gasteiger charge is 2.15. The van der Waals surface area contributed by atoms with Gasteiger partial charge in [-0.1, -0.05) is 6.07 Å². The number of nitrogens with two attached hydrogens (primary N) is 2. The molecule has 20 heavy (non-hydrogen) atoms. The first-order valence-corrected chi connectivity index (χ1v) is 8.24. The molecule has 6 nitrogen and oxygen atoms in total. The number of hydrogen-bond acceptors (Lipinski definition) is 6. The largest absolute Gasteiger partial charge is 0.396 e. The molecule has 108 valence electrons. The van der Waals surface area contributed by atoms with Gasteiger partial charge in [-0.3, -0.25) is 0 Å². The Morgan fingerprint density at radius 2 is 2.10 bits per heavy atom. The number of benzene rings is 1. The van der Waals surface area contributed by atoms with E-state index >= 15 is 0 Å². The minimum atomic E-state index is -3.86. The van der Waals surface area contributed by atoms with Crippen LogP contribution < -0.4 is 16.2 Å². The molecule has 0 aliphatic heterocycles. The summed E-state index contributed by atoms with van der Waals surface area (Å²) in [5, 5.41) is 21.7. The maximum absolute atomic E-state index is 11.4. The van der Waals surface area contributed by atoms with E-state index in [1.807, 2.05) is 16.8 Å². The SMILES string of the molecule is Nc1c(NCC(O)c2ccsc2)cccc1S(N)(=O)=O. The van der Waals surface area contributed by atoms with Gasteiger partial charge in [0.2, 0.25) is 10.0 Å². The molecule has 2 rings (SSSR count). The molecule has 0 bridgehead atoms. The van der Waals surface area contributed by atoms with E-state index in [1.54, 1.807) is 6.07 Å². The van der Waals surface area contributed by atoms with Gasteiger partial charge in [0.05, 0.1) is 17.5 Å². The zero-order valence-corrected chi connectivity index (χ0v) is 12.1. The molecule has 0 fully saturated rings. The van der Waals surface area contributed by atoms with Crippen LogP contribution in [0.1, 0.15) is 11.7 Å². The van der Waals surface area contributed by atoms with Gasteiger partial charge in [-0.25, -0.2) is 13.6 Å². The Morgan fingerprint density at radius 1 is 1.35 bits per heavy atom. The van der Waals surface area contributed by atoms with Gasteiger partial charge in [0, 0.05) is 6.54 Å². The zero-order valence-electron chi connectivity index (χ0n) is 10.5. The van der Waals surface area contributed by atoms with Crippen LogP contribution in [0.4, 0.5) is 11.4 Å². The lowest BCUT2D eigenvalue weighted by Gasteiger charge is -2.14. The molecular weight excluding hydrogens is 298 g/mol. The minimum Gasteiger partial charge on any atom is -0.396 e. The summed E-state index contributed by atoms with van der Waals surface area (Å²) in [5.74, 6) is 0. The van der Waals surface area contributed by atoms with E-state index in [2.05, 4.69) is 5.32 Å². The Bertz CT molecular complexity index is 684. The predicted octanol–water partition coefficient (Wildman–Crippen LogP) is 1.12. The standard InChI is InChI=1S/C12H15N3O3S2/c13-12-9(2-1-3-11(12)20(14,17)18)15-6-10(16)8-4-5-19-7-8/h1-5,7,10,15-16H,6,13H2,(H2,14,17,18). The van der Waals surface area contributed by atoms with Crippen molar-refractivity contribution in [3.8, 4) is 0 Å². The van der Waals surface area contributed by atoms with Crippen molar-refractivity contribution in [2.75, 3.05) is 17.6 Å². The molecule has 1 atom stereocenters. The van der Waals surface area contributed by atoms with Gasteiger partial charge in [0.25, 0.3) is 0 Å². The third-order valence-electron chi connectivity index (χ3n) is 2.79. The molecule has 1 unspecified atom stereocenters. The molecule has 2 aromatic rings. The molecule has 1 aromatic carbocycles. The van der Waals surface area contributed by atoms with E-state index in [9.17, 15) is 13.5 Å². The maximum Gasteiger partial charge on any atom is 0.240 e. The second kappa shape index (κ2) is 5.80. The van der Waals surface area contributed by atoms with Crippen molar-refractivity contribution in [2.45, 2.75) is 11.0 Å². The third kappa shape index (κ3) is 3.28. The van der Waals surface area contributed by atoms with Crippen molar-refractivity contribution in [3.63, 3.8) is 0 Å². The molecular formula is C12H15N3O3S2. The molecule has 6 N–H and O–H groups in total. The van der Waals surface area contributed by atoms with Crippen molar-refractivity contribution in [3.05, 3.63) is 40.6 Å². The fourth-order valence-electron chi connectivity index (χ4n) is 1.74. The quantitative estimate of drug-likeness (QED) is 0.617. The van der Waals surface area contributed by atoms with Crippen LogP contribution in [-0.2, 0) is 10.0 Å². The number of sulfonamides is 1. The number of anilines is 2. The Kier molecular flexibility index (Phi) is 4.29. The van der Waals surface area contributed by atoms with Crippen LogP contribution in [0, 0.1) is 0 Å². The zero-order chi connectivity index (χ0) is 14.8. The average Bonchev–Trinajstić information content (AvgIpc) is 2.89. The number of thiophene rings is 1. The summed E-state index contributed by atoms with van der Waals surface area (Å²) in [7, 11) is -3.86. The first-order valence-electron chi connectivity index (χ1n) is 5.75. The summed E-state index contributed by atoms with van der Waals surface area (Å²) >= 11 is 1.49. The Hall–Kier alpha value is -1.61. The van der Waals surface area contributed by atoms with Crippen LogP contribution in [0.15, 0.2) is 39.9 Å². The smallest absolute Gasteiger partial charge is 0.240 e. The van der Waals surface area contributed by atoms with E-state index in [0.29, 0.717) is 5.69 Å². The van der Waals surface area contributed by atoms with Crippen LogP contribution in [-0.4, -0.2) is 20.1 Å². The number of nitrogens with one attached hydrogen (secondary N) is 1. The molecule has 8 heteroatoms. The minimum absolute atomic E-state index is 0.0486. The van der Waals surface area contributed by atoms with E-state index < -0.39 is 16.1 Å². The summed E-state index contributed by atoms with van der Waals surface area (Å²) in [5.41, 5.74) is 7.04. The first kappa shape index (κ1) is 14.8. The van der Waals surface area contributed by atoms with E-state index in [-0.39, 0.29) is 17.1 Å². The van der Waals surface area contributed by atoms with Crippen molar-refractivity contribution >= 4 is 32.7 Å². The van der Waals surface area contributed by atoms with Gasteiger partial charge in [0.15, 0.2) is 0 Å². The van der Waals surface area contributed by atoms with Crippen LogP contribution in [0.25, 0.3) is 0 Å². The van der Waals surface area contributed by atoms with Gasteiger partial charge in [-0.2, -0.15) is 11.3 Å². The van der Waals surface area contributed by atoms with Gasteiger partial charge >= 0.3 is 0 Å². The van der Waals surface area contributed by atoms with Crippen LogP contribution in [0.2, 0.25) is 0 Å². The number of primary sulfonamides is 1. The molecule has 0 saturated carbocycles. The lowest BCUT2D eigenvalue weighted by Crippen LogP contribution is -2.17. The highest BCUT2D eigenvalue weighted by molar-refractivity contribution is 7.89. The second-order valence-electron chi connectivity index (χ2n) is 4.22. The molecule has 0 saturated heterocycles. The Morgan fingerprint density at radius 3 is 2.70 bits per heavy atom. The van der Waals surface area contributed by atoms with E-state index in [1.165, 1.54) is 23.5 Å². The van der Waals surface area contributed by atoms with Crippen molar-refractivity contribution in [2.24, 2.45) is 5.14 Å². The number of hydrogen-bond donors (Lipinski definition) is 4. The van der Waals surface area contributed by atoms with Crippen LogP contribution in [0.3, 0.4) is 0 Å². The van der Waals surface area contributed by atoms with Crippen LogP contribution >= 0.6 is 11.3 Å². The van der Waals surface area contributed by atoms with Gasteiger partial charge in [0.1, 0.15) is 4.90 Å². The van der Waals surface area contributed by atoms with Crippen molar-refractivity contribution in [1.29, 1.82) is 0 Å². The van der Waals surface area contributed by atoms with Gasteiger partial charge in [-0.05, 0) is 34.5 Å². The maximum atomic E-state index is 11.4. The summed E-state index contributed by atoms with van der Waals surface area (Å²) in [6.45, 7) is 0.217. The van der Waals surface area contributed by atoms with Crippen LogP contribution in [0.5, 0.6) is 0 Å². The molecule has 1 heterocycles. The third-order valence-corrected chi connectivity index (χ3v) is 4.46. The number of aliphatic hydroxyl groups is 1. The lowest BCUT2D eigenvalue weighted by atomic mass is 10.2. The summed E-state index contributed by atoms with van der Waals surface area (Å²) in [6.07, 6.45) is -0.696. The Labute approximate surface area is 121 Å². The summed E-state index contributed by atoms with van der Waals surface area (Å²) < 4.78 is 22.7. The predicted molar refractivity (Wildman–Crippen MR) is 80.0 cm³/mol. The molecule has 0 aliphatic rings. The molecule has 0 radical (unpaired) electrons. The van der Waals surface area contributed by atoms with E-state index in [4.69, 9.17) is 10.9 Å². The number of nitrogen functional groups attached to an aromatic ring is 1. The fraction of sp³-hybridized carbons (Fsp3) is 0.167. The Balaban J connectivity index is 2.15. The summed E-state index contributed by atoms with van der Waals surface area (Å²) in [4.78, 5) is -0.132. The summed E-state index contributed by atoms with van der Waals surface area (Å²) in [6, 6.07) is 6.33. The highest BCUT2D eigenvalue weighted by atomic mass is 32.2. The molecule has 1 aromatic heterocycles. The monoisotopic (exact) mass is 313 g/mol. The number of rotatable bonds is 5. The van der Waals surface area contributed by atoms with Gasteiger partial charge in [-0.15, -0.1) is 0 Å². The lowest BCUT2D eigenvalue weighted by molar-refractivity contribution is 0.192. The highest BCUT2D eigenvalue weighted by Crippen LogP contribution is 2.26. The second-order valence-corrected chi connectivity index (χ2v) is 6.53. The molecule has 0 aliphatic carbocycles. The van der Waals surface area contributed by atoms with Gasteiger partial charge < -0.3 is 16.2 Å². The van der Waals surface area contributed by atoms with Crippen molar-refractivity contribution < 1.29 is 13.5 Å². The molecule has 0 spiro atoms.